The summed E-state index contributed by atoms with van der Waals surface area (Å²) in [5.74, 6) is 1.10. The molecule has 0 atom stereocenters. The first-order valence-corrected chi connectivity index (χ1v) is 5.48. The van der Waals surface area contributed by atoms with Crippen molar-refractivity contribution in [3.63, 3.8) is 0 Å². The van der Waals surface area contributed by atoms with Gasteiger partial charge in [-0.05, 0) is 30.4 Å². The second-order valence-corrected chi connectivity index (χ2v) is 3.57. The second kappa shape index (κ2) is 5.69. The summed E-state index contributed by atoms with van der Waals surface area (Å²) < 4.78 is 5.46. The van der Waals surface area contributed by atoms with Crippen molar-refractivity contribution in [1.29, 1.82) is 0 Å². The predicted octanol–water partition coefficient (Wildman–Crippen LogP) is 3.60. The molecule has 0 aliphatic heterocycles. The van der Waals surface area contributed by atoms with E-state index in [0.717, 1.165) is 18.6 Å². The van der Waals surface area contributed by atoms with Crippen LogP contribution in [0.4, 0.5) is 0 Å². The Bertz CT molecular complexity index is 279. The Hall–Kier alpha value is -0.980. The van der Waals surface area contributed by atoms with E-state index in [-0.39, 0.29) is 0 Å². The molecule has 0 saturated carbocycles. The minimum atomic E-state index is 1.04. The summed E-state index contributed by atoms with van der Waals surface area (Å²) in [4.78, 5) is 0. The van der Waals surface area contributed by atoms with Crippen LogP contribution in [-0.4, -0.2) is 7.11 Å². The lowest BCUT2D eigenvalue weighted by Gasteiger charge is -2.11. The number of hydrogen-bond acceptors (Lipinski definition) is 1. The molecule has 1 nitrogen and oxygen atoms in total. The molecular formula is C13H20O. The fraction of sp³-hybridized carbons (Fsp3) is 0.538. The van der Waals surface area contributed by atoms with Crippen molar-refractivity contribution in [2.24, 2.45) is 0 Å². The largest absolute Gasteiger partial charge is 0.496 e. The van der Waals surface area contributed by atoms with E-state index < -0.39 is 0 Å². The number of hydrogen-bond donors (Lipinski definition) is 0. The van der Waals surface area contributed by atoms with Gasteiger partial charge >= 0.3 is 0 Å². The zero-order valence-corrected chi connectivity index (χ0v) is 9.47. The van der Waals surface area contributed by atoms with E-state index >= 15 is 0 Å². The number of aryl methyl sites for hydroxylation is 2. The van der Waals surface area contributed by atoms with Crippen molar-refractivity contribution < 1.29 is 4.74 Å². The molecule has 0 bridgehead atoms. The van der Waals surface area contributed by atoms with Crippen molar-refractivity contribution in [3.8, 4) is 5.75 Å². The van der Waals surface area contributed by atoms with Crippen molar-refractivity contribution in [2.45, 2.75) is 39.5 Å². The maximum absolute atomic E-state index is 5.46. The van der Waals surface area contributed by atoms with Gasteiger partial charge in [0.15, 0.2) is 0 Å². The van der Waals surface area contributed by atoms with Crippen LogP contribution in [0.3, 0.4) is 0 Å². The highest BCUT2D eigenvalue weighted by Crippen LogP contribution is 2.25. The third kappa shape index (κ3) is 2.50. The first-order valence-electron chi connectivity index (χ1n) is 5.48. The third-order valence-corrected chi connectivity index (χ3v) is 2.56. The van der Waals surface area contributed by atoms with Crippen molar-refractivity contribution in [1.82, 2.24) is 0 Å². The highest BCUT2D eigenvalue weighted by Gasteiger charge is 2.06. The standard InChI is InChI=1S/C13H20O/c1-4-6-8-12-10-7-9-11(5-2)13(12)14-3/h7,9-10H,4-6,8H2,1-3H3. The molecule has 0 saturated heterocycles. The number of methoxy groups -OCH3 is 1. The van der Waals surface area contributed by atoms with Gasteiger partial charge in [0.25, 0.3) is 0 Å². The van der Waals surface area contributed by atoms with Gasteiger partial charge in [-0.2, -0.15) is 0 Å². The number of para-hydroxylation sites is 1. The Labute approximate surface area is 87.1 Å². The molecule has 0 amide bonds. The number of ether oxygens (including phenoxy) is 1. The van der Waals surface area contributed by atoms with Crippen LogP contribution in [0.5, 0.6) is 5.75 Å². The maximum atomic E-state index is 5.46. The van der Waals surface area contributed by atoms with Gasteiger partial charge in [-0.25, -0.2) is 0 Å². The Morgan fingerprint density at radius 3 is 2.43 bits per heavy atom. The third-order valence-electron chi connectivity index (χ3n) is 2.56. The van der Waals surface area contributed by atoms with Gasteiger partial charge in [0.1, 0.15) is 5.75 Å². The minimum absolute atomic E-state index is 1.04. The topological polar surface area (TPSA) is 9.23 Å². The number of unbranched alkanes of at least 4 members (excludes halogenated alkanes) is 1. The lowest BCUT2D eigenvalue weighted by atomic mass is 10.0. The van der Waals surface area contributed by atoms with E-state index in [1.807, 2.05) is 0 Å². The molecule has 0 radical (unpaired) electrons. The molecule has 1 aromatic carbocycles. The Kier molecular flexibility index (Phi) is 4.51. The molecule has 14 heavy (non-hydrogen) atoms. The van der Waals surface area contributed by atoms with E-state index in [4.69, 9.17) is 4.74 Å². The number of rotatable bonds is 5. The summed E-state index contributed by atoms with van der Waals surface area (Å²) in [7, 11) is 1.77. The normalized spacial score (nSPS) is 10.2. The molecular weight excluding hydrogens is 172 g/mol. The van der Waals surface area contributed by atoms with Gasteiger partial charge in [0.05, 0.1) is 7.11 Å². The molecule has 78 valence electrons. The Morgan fingerprint density at radius 1 is 1.14 bits per heavy atom. The first-order chi connectivity index (χ1) is 6.83. The van der Waals surface area contributed by atoms with Gasteiger partial charge in [0, 0.05) is 0 Å². The highest BCUT2D eigenvalue weighted by molar-refractivity contribution is 5.41. The molecule has 0 N–H and O–H groups in total. The van der Waals surface area contributed by atoms with Crippen molar-refractivity contribution >= 4 is 0 Å². The molecule has 1 rings (SSSR count). The van der Waals surface area contributed by atoms with Crippen LogP contribution in [0, 0.1) is 0 Å². The van der Waals surface area contributed by atoms with Crippen molar-refractivity contribution in [3.05, 3.63) is 29.3 Å². The van der Waals surface area contributed by atoms with Crippen LogP contribution in [-0.2, 0) is 12.8 Å². The average molecular weight is 192 g/mol. The van der Waals surface area contributed by atoms with Gasteiger partial charge in [0.2, 0.25) is 0 Å². The Balaban J connectivity index is 2.90. The molecule has 1 aromatic rings. The molecule has 1 heteroatoms. The summed E-state index contributed by atoms with van der Waals surface area (Å²) >= 11 is 0. The molecule has 0 aromatic heterocycles. The summed E-state index contributed by atoms with van der Waals surface area (Å²) in [6.07, 6.45) is 4.65. The molecule has 0 heterocycles. The van der Waals surface area contributed by atoms with Gasteiger partial charge in [-0.15, -0.1) is 0 Å². The summed E-state index contributed by atoms with van der Waals surface area (Å²) in [6.45, 7) is 4.39. The van der Waals surface area contributed by atoms with E-state index in [0.29, 0.717) is 0 Å². The predicted molar refractivity (Wildman–Crippen MR) is 61.0 cm³/mol. The smallest absolute Gasteiger partial charge is 0.125 e. The van der Waals surface area contributed by atoms with Crippen LogP contribution in [0.1, 0.15) is 37.8 Å². The van der Waals surface area contributed by atoms with E-state index in [1.165, 1.54) is 24.0 Å². The quantitative estimate of drug-likeness (QED) is 0.692. The van der Waals surface area contributed by atoms with Crippen LogP contribution in [0.15, 0.2) is 18.2 Å². The van der Waals surface area contributed by atoms with Crippen LogP contribution < -0.4 is 4.74 Å². The summed E-state index contributed by atoms with van der Waals surface area (Å²) in [6, 6.07) is 6.45. The zero-order valence-electron chi connectivity index (χ0n) is 9.47. The Morgan fingerprint density at radius 2 is 1.86 bits per heavy atom. The van der Waals surface area contributed by atoms with Gasteiger partial charge in [-0.3, -0.25) is 0 Å². The second-order valence-electron chi connectivity index (χ2n) is 3.57. The fourth-order valence-corrected chi connectivity index (χ4v) is 1.74. The highest BCUT2D eigenvalue weighted by atomic mass is 16.5. The van der Waals surface area contributed by atoms with Crippen LogP contribution >= 0.6 is 0 Å². The monoisotopic (exact) mass is 192 g/mol. The van der Waals surface area contributed by atoms with Gasteiger partial charge < -0.3 is 4.74 Å². The molecule has 0 aliphatic rings. The molecule has 0 spiro atoms. The SMILES string of the molecule is CCCCc1cccc(CC)c1OC. The minimum Gasteiger partial charge on any atom is -0.496 e. The molecule has 0 fully saturated rings. The zero-order chi connectivity index (χ0) is 10.4. The summed E-state index contributed by atoms with van der Waals surface area (Å²) in [5, 5.41) is 0. The lowest BCUT2D eigenvalue weighted by Crippen LogP contribution is -1.96. The average Bonchev–Trinajstić information content (AvgIpc) is 2.25. The van der Waals surface area contributed by atoms with E-state index in [9.17, 15) is 0 Å². The van der Waals surface area contributed by atoms with Crippen LogP contribution in [0.2, 0.25) is 0 Å². The van der Waals surface area contributed by atoms with E-state index in [2.05, 4.69) is 32.0 Å². The van der Waals surface area contributed by atoms with Crippen molar-refractivity contribution in [2.75, 3.05) is 7.11 Å². The summed E-state index contributed by atoms with van der Waals surface area (Å²) in [5.41, 5.74) is 2.68. The fourth-order valence-electron chi connectivity index (χ4n) is 1.74. The molecule has 0 aliphatic carbocycles. The number of benzene rings is 1. The first kappa shape index (κ1) is 11.1. The van der Waals surface area contributed by atoms with Crippen LogP contribution in [0.25, 0.3) is 0 Å². The maximum Gasteiger partial charge on any atom is 0.125 e. The lowest BCUT2D eigenvalue weighted by molar-refractivity contribution is 0.404. The molecule has 0 unspecified atom stereocenters. The van der Waals surface area contributed by atoms with E-state index in [1.54, 1.807) is 7.11 Å². The van der Waals surface area contributed by atoms with Gasteiger partial charge in [-0.1, -0.05) is 38.5 Å².